The van der Waals surface area contributed by atoms with Crippen LogP contribution in [-0.2, 0) is 9.47 Å². The summed E-state index contributed by atoms with van der Waals surface area (Å²) < 4.78 is 10.1. The maximum absolute atomic E-state index is 9.45. The molecule has 0 unspecified atom stereocenters. The molecule has 1 saturated heterocycles. The van der Waals surface area contributed by atoms with Crippen molar-refractivity contribution in [3.63, 3.8) is 0 Å². The van der Waals surface area contributed by atoms with Gasteiger partial charge in [0.05, 0.1) is 32.0 Å². The van der Waals surface area contributed by atoms with Crippen LogP contribution < -0.4 is 0 Å². The molecule has 72 valence electrons. The Kier molecular flexibility index (Phi) is 3.94. The van der Waals surface area contributed by atoms with Crippen molar-refractivity contribution in [3.8, 4) is 0 Å². The number of hydrogen-bond acceptors (Lipinski definition) is 4. The Bertz CT molecular complexity index is 131. The van der Waals surface area contributed by atoms with Crippen LogP contribution in [0.5, 0.6) is 0 Å². The van der Waals surface area contributed by atoms with Gasteiger partial charge in [0.25, 0.3) is 0 Å². The van der Waals surface area contributed by atoms with Gasteiger partial charge in [-0.1, -0.05) is 0 Å². The predicted octanol–water partition coefficient (Wildman–Crippen LogP) is -0.676. The molecule has 4 heteroatoms. The largest absolute Gasteiger partial charge is 0.389 e. The smallest absolute Gasteiger partial charge is 0.0950 e. The number of likely N-dealkylation sites (N-methyl/N-ethyl adjacent to an activating group) is 1. The molecular formula is C8H17NO3. The molecular weight excluding hydrogens is 158 g/mol. The fourth-order valence-electron chi connectivity index (χ4n) is 1.35. The van der Waals surface area contributed by atoms with Gasteiger partial charge in [0, 0.05) is 13.7 Å². The molecule has 0 amide bonds. The fraction of sp³-hybridized carbons (Fsp3) is 1.00. The highest BCUT2D eigenvalue weighted by Crippen LogP contribution is 2.10. The summed E-state index contributed by atoms with van der Waals surface area (Å²) in [5, 5.41) is 9.45. The van der Waals surface area contributed by atoms with E-state index < -0.39 is 0 Å². The van der Waals surface area contributed by atoms with Gasteiger partial charge in [-0.15, -0.1) is 0 Å². The van der Waals surface area contributed by atoms with E-state index >= 15 is 0 Å². The third kappa shape index (κ3) is 2.42. The van der Waals surface area contributed by atoms with Gasteiger partial charge in [0.1, 0.15) is 0 Å². The molecule has 1 fully saturated rings. The Balaban J connectivity index is 2.25. The van der Waals surface area contributed by atoms with Crippen LogP contribution >= 0.6 is 0 Å². The second-order valence-corrected chi connectivity index (χ2v) is 3.15. The lowest BCUT2D eigenvalue weighted by Gasteiger charge is -2.24. The first-order chi connectivity index (χ1) is 5.75. The van der Waals surface area contributed by atoms with Crippen molar-refractivity contribution in [2.24, 2.45) is 0 Å². The normalized spacial score (nSPS) is 30.0. The Hall–Kier alpha value is -0.160. The second kappa shape index (κ2) is 4.77. The minimum atomic E-state index is -0.341. The topological polar surface area (TPSA) is 41.9 Å². The van der Waals surface area contributed by atoms with Gasteiger partial charge in [-0.05, 0) is 7.05 Å². The first kappa shape index (κ1) is 9.92. The summed E-state index contributed by atoms with van der Waals surface area (Å²) >= 11 is 0. The number of methoxy groups -OCH3 is 1. The van der Waals surface area contributed by atoms with Gasteiger partial charge in [-0.25, -0.2) is 0 Å². The molecule has 1 aliphatic heterocycles. The number of rotatable bonds is 4. The van der Waals surface area contributed by atoms with Gasteiger partial charge in [0.15, 0.2) is 0 Å². The molecule has 0 radical (unpaired) electrons. The van der Waals surface area contributed by atoms with E-state index in [-0.39, 0.29) is 12.1 Å². The minimum absolute atomic E-state index is 0.139. The van der Waals surface area contributed by atoms with Gasteiger partial charge in [-0.2, -0.15) is 0 Å². The van der Waals surface area contributed by atoms with Crippen LogP contribution in [0.1, 0.15) is 0 Å². The van der Waals surface area contributed by atoms with Gasteiger partial charge in [0.2, 0.25) is 0 Å². The SMILES string of the molecule is COCCN(C)[C@@H]1COC[C@H]1O. The number of hydrogen-bond donors (Lipinski definition) is 1. The molecule has 1 aliphatic rings. The highest BCUT2D eigenvalue weighted by Gasteiger charge is 2.29. The first-order valence-corrected chi connectivity index (χ1v) is 4.20. The van der Waals surface area contributed by atoms with Crippen molar-refractivity contribution in [1.82, 2.24) is 4.90 Å². The molecule has 0 saturated carbocycles. The highest BCUT2D eigenvalue weighted by atomic mass is 16.5. The van der Waals surface area contributed by atoms with Gasteiger partial charge >= 0.3 is 0 Å². The minimum Gasteiger partial charge on any atom is -0.389 e. The second-order valence-electron chi connectivity index (χ2n) is 3.15. The van der Waals surface area contributed by atoms with Crippen molar-refractivity contribution in [1.29, 1.82) is 0 Å². The number of ether oxygens (including phenoxy) is 2. The van der Waals surface area contributed by atoms with Crippen LogP contribution in [0.2, 0.25) is 0 Å². The molecule has 12 heavy (non-hydrogen) atoms. The first-order valence-electron chi connectivity index (χ1n) is 4.20. The average molecular weight is 175 g/mol. The molecule has 0 spiro atoms. The van der Waals surface area contributed by atoms with Crippen molar-refractivity contribution >= 4 is 0 Å². The molecule has 4 nitrogen and oxygen atoms in total. The molecule has 0 aromatic heterocycles. The zero-order chi connectivity index (χ0) is 8.97. The molecule has 1 rings (SSSR count). The van der Waals surface area contributed by atoms with E-state index in [1.807, 2.05) is 7.05 Å². The van der Waals surface area contributed by atoms with Crippen LogP contribution in [0, 0.1) is 0 Å². The molecule has 0 aromatic rings. The Labute approximate surface area is 73.1 Å². The summed E-state index contributed by atoms with van der Waals surface area (Å²) in [5.41, 5.74) is 0. The van der Waals surface area contributed by atoms with E-state index in [2.05, 4.69) is 4.90 Å². The van der Waals surface area contributed by atoms with E-state index in [1.54, 1.807) is 7.11 Å². The van der Waals surface area contributed by atoms with E-state index in [0.29, 0.717) is 19.8 Å². The van der Waals surface area contributed by atoms with E-state index in [4.69, 9.17) is 9.47 Å². The number of aliphatic hydroxyl groups is 1. The van der Waals surface area contributed by atoms with Crippen molar-refractivity contribution in [2.45, 2.75) is 12.1 Å². The summed E-state index contributed by atoms with van der Waals surface area (Å²) in [6.45, 7) is 2.62. The standard InChI is InChI=1S/C8H17NO3/c1-9(3-4-11-2)7-5-12-6-8(7)10/h7-8,10H,3-6H2,1-2H3/t7-,8-/m1/s1. The Morgan fingerprint density at radius 1 is 1.58 bits per heavy atom. The Morgan fingerprint density at radius 2 is 2.33 bits per heavy atom. The van der Waals surface area contributed by atoms with Crippen molar-refractivity contribution < 1.29 is 14.6 Å². The fourth-order valence-corrected chi connectivity index (χ4v) is 1.35. The maximum Gasteiger partial charge on any atom is 0.0950 e. The molecule has 2 atom stereocenters. The van der Waals surface area contributed by atoms with Crippen LogP contribution in [0.3, 0.4) is 0 Å². The summed E-state index contributed by atoms with van der Waals surface area (Å²) in [5.74, 6) is 0. The molecule has 0 aliphatic carbocycles. The number of aliphatic hydroxyl groups excluding tert-OH is 1. The number of nitrogens with zero attached hydrogens (tertiary/aromatic N) is 1. The third-order valence-electron chi connectivity index (χ3n) is 2.24. The van der Waals surface area contributed by atoms with E-state index in [9.17, 15) is 5.11 Å². The van der Waals surface area contributed by atoms with Gasteiger partial charge < -0.3 is 14.6 Å². The van der Waals surface area contributed by atoms with Gasteiger partial charge in [-0.3, -0.25) is 4.90 Å². The van der Waals surface area contributed by atoms with E-state index in [1.165, 1.54) is 0 Å². The highest BCUT2D eigenvalue weighted by molar-refractivity contribution is 4.81. The summed E-state index contributed by atoms with van der Waals surface area (Å²) in [6.07, 6.45) is -0.341. The summed E-state index contributed by atoms with van der Waals surface area (Å²) in [6, 6.07) is 0.139. The van der Waals surface area contributed by atoms with E-state index in [0.717, 1.165) is 6.54 Å². The van der Waals surface area contributed by atoms with Crippen LogP contribution in [-0.4, -0.2) is 62.7 Å². The quantitative estimate of drug-likeness (QED) is 0.615. The van der Waals surface area contributed by atoms with Crippen LogP contribution in [0.15, 0.2) is 0 Å². The molecule has 0 aromatic carbocycles. The molecule has 0 bridgehead atoms. The van der Waals surface area contributed by atoms with Crippen LogP contribution in [0.25, 0.3) is 0 Å². The van der Waals surface area contributed by atoms with Crippen molar-refractivity contribution in [2.75, 3.05) is 40.5 Å². The van der Waals surface area contributed by atoms with Crippen LogP contribution in [0.4, 0.5) is 0 Å². The van der Waals surface area contributed by atoms with Crippen molar-refractivity contribution in [3.05, 3.63) is 0 Å². The third-order valence-corrected chi connectivity index (χ3v) is 2.24. The zero-order valence-electron chi connectivity index (χ0n) is 7.69. The predicted molar refractivity (Wildman–Crippen MR) is 45.1 cm³/mol. The lowest BCUT2D eigenvalue weighted by Crippen LogP contribution is -2.41. The zero-order valence-corrected chi connectivity index (χ0v) is 7.69. The summed E-state index contributed by atoms with van der Waals surface area (Å²) in [7, 11) is 3.65. The Morgan fingerprint density at radius 3 is 2.83 bits per heavy atom. The summed E-state index contributed by atoms with van der Waals surface area (Å²) in [4.78, 5) is 2.07. The average Bonchev–Trinajstić information content (AvgIpc) is 2.47. The lowest BCUT2D eigenvalue weighted by molar-refractivity contribution is 0.0776. The monoisotopic (exact) mass is 175 g/mol. The molecule has 1 heterocycles. The molecule has 1 N–H and O–H groups in total. The lowest BCUT2D eigenvalue weighted by atomic mass is 10.2. The maximum atomic E-state index is 9.45.